The number of thiocarbonyl (C=S) groups is 1. The van der Waals surface area contributed by atoms with Crippen LogP contribution in [0.15, 0.2) is 45.3 Å². The van der Waals surface area contributed by atoms with Gasteiger partial charge in [0.15, 0.2) is 18.3 Å². The number of carbonyl (C=O) groups excluding carboxylic acids is 2. The molecule has 2 aromatic carbocycles. The van der Waals surface area contributed by atoms with Crippen LogP contribution in [0.3, 0.4) is 0 Å². The zero-order valence-corrected chi connectivity index (χ0v) is 20.4. The van der Waals surface area contributed by atoms with Crippen molar-refractivity contribution in [1.82, 2.24) is 16.2 Å². The van der Waals surface area contributed by atoms with Gasteiger partial charge in [0.25, 0.3) is 11.8 Å². The number of ether oxygens (including phenoxy) is 2. The van der Waals surface area contributed by atoms with Gasteiger partial charge in [0.1, 0.15) is 11.5 Å². The van der Waals surface area contributed by atoms with E-state index in [9.17, 15) is 9.59 Å². The first-order chi connectivity index (χ1) is 14.3. The van der Waals surface area contributed by atoms with Crippen LogP contribution in [0.25, 0.3) is 0 Å². The molecule has 0 saturated carbocycles. The molecule has 0 aliphatic heterocycles. The van der Waals surface area contributed by atoms with Gasteiger partial charge in [-0.05, 0) is 76.9 Å². The maximum absolute atomic E-state index is 12.0. The van der Waals surface area contributed by atoms with Gasteiger partial charge in [-0.25, -0.2) is 0 Å². The van der Waals surface area contributed by atoms with Crippen LogP contribution >= 0.6 is 44.1 Å². The average molecular weight is 559 g/mol. The Morgan fingerprint density at radius 2 is 1.67 bits per heavy atom. The molecule has 0 atom stereocenters. The number of aryl methyl sites for hydroxylation is 2. The molecule has 2 aromatic rings. The van der Waals surface area contributed by atoms with Gasteiger partial charge in [-0.1, -0.05) is 35.0 Å². The Hall–Kier alpha value is -2.17. The van der Waals surface area contributed by atoms with E-state index in [0.717, 1.165) is 20.9 Å². The van der Waals surface area contributed by atoms with Crippen molar-refractivity contribution >= 4 is 61.0 Å². The number of halogens is 2. The summed E-state index contributed by atoms with van der Waals surface area (Å²) in [4.78, 5) is 23.8. The van der Waals surface area contributed by atoms with Crippen LogP contribution in [0.5, 0.6) is 11.5 Å². The van der Waals surface area contributed by atoms with Crippen molar-refractivity contribution in [2.75, 3.05) is 13.2 Å². The summed E-state index contributed by atoms with van der Waals surface area (Å²) in [5, 5.41) is 2.36. The lowest BCUT2D eigenvalue weighted by Gasteiger charge is -2.13. The molecule has 0 aliphatic carbocycles. The highest BCUT2D eigenvalue weighted by Crippen LogP contribution is 2.32. The van der Waals surface area contributed by atoms with Crippen molar-refractivity contribution in [1.29, 1.82) is 0 Å². The van der Waals surface area contributed by atoms with E-state index in [-0.39, 0.29) is 18.3 Å². The number of amides is 2. The summed E-state index contributed by atoms with van der Waals surface area (Å²) >= 11 is 11.8. The van der Waals surface area contributed by atoms with Crippen LogP contribution < -0.4 is 25.6 Å². The standard InChI is InChI=1S/C20H21Br2N3O4S/c1-3-13-4-6-15(7-5-13)28-11-18(27)24-25-20(30)23-17(26)10-29-19-12(2)8-14(21)9-16(19)22/h4-9H,3,10-11H2,1-2H3,(H,24,27)(H2,23,25,26,30). The molecule has 0 unspecified atom stereocenters. The quantitative estimate of drug-likeness (QED) is 0.356. The molecule has 7 nitrogen and oxygen atoms in total. The van der Waals surface area contributed by atoms with E-state index in [0.29, 0.717) is 11.5 Å². The lowest BCUT2D eigenvalue weighted by molar-refractivity contribution is -0.124. The summed E-state index contributed by atoms with van der Waals surface area (Å²) in [5.41, 5.74) is 6.84. The molecule has 0 bridgehead atoms. The summed E-state index contributed by atoms with van der Waals surface area (Å²) in [7, 11) is 0. The Morgan fingerprint density at radius 1 is 1.00 bits per heavy atom. The highest BCUT2D eigenvalue weighted by Gasteiger charge is 2.11. The summed E-state index contributed by atoms with van der Waals surface area (Å²) < 4.78 is 12.5. The Morgan fingerprint density at radius 3 is 2.30 bits per heavy atom. The Labute approximate surface area is 197 Å². The van der Waals surface area contributed by atoms with Crippen molar-refractivity contribution in [2.45, 2.75) is 20.3 Å². The third-order valence-corrected chi connectivity index (χ3v) is 5.06. The molecule has 10 heteroatoms. The van der Waals surface area contributed by atoms with Crippen LogP contribution in [-0.4, -0.2) is 30.1 Å². The normalized spacial score (nSPS) is 10.1. The largest absolute Gasteiger partial charge is 0.484 e. The van der Waals surface area contributed by atoms with Gasteiger partial charge < -0.3 is 9.47 Å². The topological polar surface area (TPSA) is 88.7 Å². The first-order valence-electron chi connectivity index (χ1n) is 8.97. The Bertz CT molecular complexity index is 900. The maximum atomic E-state index is 12.0. The van der Waals surface area contributed by atoms with E-state index in [1.807, 2.05) is 31.2 Å². The van der Waals surface area contributed by atoms with Crippen LogP contribution in [0, 0.1) is 6.92 Å². The van der Waals surface area contributed by atoms with Crippen LogP contribution in [0.2, 0.25) is 0 Å². The molecule has 2 amide bonds. The second-order valence-corrected chi connectivity index (χ2v) is 8.34. The second kappa shape index (κ2) is 11.9. The number of hydrogen-bond donors (Lipinski definition) is 3. The van der Waals surface area contributed by atoms with Gasteiger partial charge >= 0.3 is 0 Å². The molecule has 0 aliphatic rings. The molecule has 0 saturated heterocycles. The molecule has 3 N–H and O–H groups in total. The predicted octanol–water partition coefficient (Wildman–Crippen LogP) is 3.56. The number of carbonyl (C=O) groups is 2. The third kappa shape index (κ3) is 7.92. The van der Waals surface area contributed by atoms with E-state index in [1.54, 1.807) is 12.1 Å². The summed E-state index contributed by atoms with van der Waals surface area (Å²) in [6.07, 6.45) is 0.929. The average Bonchev–Trinajstić information content (AvgIpc) is 2.70. The zero-order chi connectivity index (χ0) is 22.1. The smallest absolute Gasteiger partial charge is 0.276 e. The third-order valence-electron chi connectivity index (χ3n) is 3.81. The molecule has 0 radical (unpaired) electrons. The lowest BCUT2D eigenvalue weighted by atomic mass is 10.2. The summed E-state index contributed by atoms with van der Waals surface area (Å²) in [5.74, 6) is 0.231. The van der Waals surface area contributed by atoms with Gasteiger partial charge in [0.05, 0.1) is 4.47 Å². The van der Waals surface area contributed by atoms with Gasteiger partial charge in [-0.3, -0.25) is 25.8 Å². The monoisotopic (exact) mass is 557 g/mol. The fraction of sp³-hybridized carbons (Fsp3) is 0.250. The number of hydrazine groups is 1. The molecule has 0 aromatic heterocycles. The Kier molecular flexibility index (Phi) is 9.54. The summed E-state index contributed by atoms with van der Waals surface area (Å²) in [6, 6.07) is 11.2. The minimum absolute atomic E-state index is 0.0594. The van der Waals surface area contributed by atoms with Crippen LogP contribution in [0.1, 0.15) is 18.1 Å². The Balaban J connectivity index is 1.69. The lowest BCUT2D eigenvalue weighted by Crippen LogP contribution is -2.50. The SMILES string of the molecule is CCc1ccc(OCC(=O)NNC(=S)NC(=O)COc2c(C)cc(Br)cc2Br)cc1. The van der Waals surface area contributed by atoms with Crippen molar-refractivity contribution in [2.24, 2.45) is 0 Å². The fourth-order valence-electron chi connectivity index (χ4n) is 2.34. The van der Waals surface area contributed by atoms with Crippen LogP contribution in [-0.2, 0) is 16.0 Å². The van der Waals surface area contributed by atoms with E-state index in [1.165, 1.54) is 5.56 Å². The zero-order valence-electron chi connectivity index (χ0n) is 16.4. The van der Waals surface area contributed by atoms with Gasteiger partial charge in [-0.2, -0.15) is 0 Å². The molecular weight excluding hydrogens is 538 g/mol. The highest BCUT2D eigenvalue weighted by atomic mass is 79.9. The predicted molar refractivity (Wildman–Crippen MR) is 125 cm³/mol. The second-order valence-electron chi connectivity index (χ2n) is 6.16. The molecule has 0 heterocycles. The molecule has 0 fully saturated rings. The maximum Gasteiger partial charge on any atom is 0.276 e. The summed E-state index contributed by atoms with van der Waals surface area (Å²) in [6.45, 7) is 3.48. The van der Waals surface area contributed by atoms with Crippen molar-refractivity contribution in [3.8, 4) is 11.5 Å². The molecule has 2 rings (SSSR count). The van der Waals surface area contributed by atoms with E-state index in [2.05, 4.69) is 55.0 Å². The van der Waals surface area contributed by atoms with E-state index < -0.39 is 11.8 Å². The van der Waals surface area contributed by atoms with Crippen molar-refractivity contribution in [3.05, 3.63) is 56.5 Å². The van der Waals surface area contributed by atoms with E-state index in [4.69, 9.17) is 21.7 Å². The first kappa shape index (κ1) is 24.1. The van der Waals surface area contributed by atoms with Crippen molar-refractivity contribution in [3.63, 3.8) is 0 Å². The number of hydrogen-bond acceptors (Lipinski definition) is 5. The van der Waals surface area contributed by atoms with Gasteiger partial charge in [-0.15, -0.1) is 0 Å². The number of nitrogens with one attached hydrogen (secondary N) is 3. The minimum Gasteiger partial charge on any atom is -0.484 e. The molecule has 30 heavy (non-hydrogen) atoms. The molecular formula is C20H21Br2N3O4S. The number of rotatable bonds is 7. The van der Waals surface area contributed by atoms with E-state index >= 15 is 0 Å². The number of benzene rings is 2. The van der Waals surface area contributed by atoms with Gasteiger partial charge in [0.2, 0.25) is 0 Å². The first-order valence-corrected chi connectivity index (χ1v) is 11.0. The van der Waals surface area contributed by atoms with Crippen molar-refractivity contribution < 1.29 is 19.1 Å². The van der Waals surface area contributed by atoms with Gasteiger partial charge in [0, 0.05) is 4.47 Å². The highest BCUT2D eigenvalue weighted by molar-refractivity contribution is 9.11. The fourth-order valence-corrected chi connectivity index (χ4v) is 4.05. The molecule has 0 spiro atoms. The molecule has 160 valence electrons. The van der Waals surface area contributed by atoms with Crippen LogP contribution in [0.4, 0.5) is 0 Å². The minimum atomic E-state index is -0.469.